The molecule has 1 fully saturated rings. The number of ether oxygens (including phenoxy) is 1. The molecule has 1 aliphatic rings. The number of benzene rings is 2. The van der Waals surface area contributed by atoms with E-state index in [4.69, 9.17) is 4.74 Å². The number of amidine groups is 1. The number of halogens is 1. The SMILES string of the molecule is O/N=C(/c1cccnc1Oc1ccccc1F)N1CCN(c2ccccc2)CC1. The fraction of sp³-hybridized carbons (Fsp3) is 0.182. The summed E-state index contributed by atoms with van der Waals surface area (Å²) in [6, 6.07) is 19.8. The molecule has 1 aromatic heterocycles. The summed E-state index contributed by atoms with van der Waals surface area (Å²) in [6.45, 7) is 2.91. The van der Waals surface area contributed by atoms with Gasteiger partial charge < -0.3 is 19.7 Å². The van der Waals surface area contributed by atoms with E-state index in [1.165, 1.54) is 17.8 Å². The van der Waals surface area contributed by atoms with Crippen molar-refractivity contribution in [3.63, 3.8) is 0 Å². The molecule has 0 radical (unpaired) electrons. The van der Waals surface area contributed by atoms with Gasteiger partial charge in [0, 0.05) is 38.1 Å². The van der Waals surface area contributed by atoms with Crippen molar-refractivity contribution >= 4 is 11.5 Å². The van der Waals surface area contributed by atoms with Crippen molar-refractivity contribution in [3.05, 3.63) is 84.3 Å². The first-order valence-corrected chi connectivity index (χ1v) is 9.41. The Morgan fingerprint density at radius 3 is 2.38 bits per heavy atom. The second-order valence-electron chi connectivity index (χ2n) is 6.62. The number of rotatable bonds is 4. The fourth-order valence-corrected chi connectivity index (χ4v) is 3.38. The molecule has 2 aromatic carbocycles. The fourth-order valence-electron chi connectivity index (χ4n) is 3.38. The molecule has 0 bridgehead atoms. The molecule has 0 unspecified atom stereocenters. The molecule has 29 heavy (non-hydrogen) atoms. The van der Waals surface area contributed by atoms with Crippen LogP contribution < -0.4 is 9.64 Å². The number of hydrogen-bond donors (Lipinski definition) is 1. The van der Waals surface area contributed by atoms with Gasteiger partial charge in [0.2, 0.25) is 5.88 Å². The second-order valence-corrected chi connectivity index (χ2v) is 6.62. The lowest BCUT2D eigenvalue weighted by atomic mass is 10.2. The zero-order valence-electron chi connectivity index (χ0n) is 15.8. The molecule has 2 heterocycles. The Hall–Kier alpha value is -3.61. The predicted molar refractivity (Wildman–Crippen MR) is 109 cm³/mol. The third-order valence-electron chi connectivity index (χ3n) is 4.85. The minimum atomic E-state index is -0.483. The maximum Gasteiger partial charge on any atom is 0.230 e. The molecular formula is C22H21FN4O2. The molecule has 1 aliphatic heterocycles. The van der Waals surface area contributed by atoms with E-state index >= 15 is 0 Å². The van der Waals surface area contributed by atoms with Gasteiger partial charge >= 0.3 is 0 Å². The third kappa shape index (κ3) is 4.13. The van der Waals surface area contributed by atoms with Crippen molar-refractivity contribution in [1.82, 2.24) is 9.88 Å². The molecule has 1 N–H and O–H groups in total. The highest BCUT2D eigenvalue weighted by atomic mass is 19.1. The van der Waals surface area contributed by atoms with E-state index in [2.05, 4.69) is 27.2 Å². The number of piperazine rings is 1. The topological polar surface area (TPSA) is 61.2 Å². The zero-order chi connectivity index (χ0) is 20.1. The average molecular weight is 392 g/mol. The molecule has 6 nitrogen and oxygen atoms in total. The van der Waals surface area contributed by atoms with Crippen LogP contribution in [0.25, 0.3) is 0 Å². The summed E-state index contributed by atoms with van der Waals surface area (Å²) >= 11 is 0. The van der Waals surface area contributed by atoms with Crippen LogP contribution in [0.2, 0.25) is 0 Å². The molecule has 1 saturated heterocycles. The Bertz CT molecular complexity index is 989. The minimum absolute atomic E-state index is 0.0682. The van der Waals surface area contributed by atoms with Gasteiger partial charge in [0.25, 0.3) is 0 Å². The molecule has 3 aromatic rings. The molecule has 0 amide bonds. The molecule has 0 aliphatic carbocycles. The normalized spacial score (nSPS) is 14.7. The summed E-state index contributed by atoms with van der Waals surface area (Å²) in [7, 11) is 0. The summed E-state index contributed by atoms with van der Waals surface area (Å²) in [5.41, 5.74) is 1.67. The standard InChI is InChI=1S/C22H21FN4O2/c23-19-10-4-5-11-20(19)29-22-18(9-6-12-24-22)21(25-28)27-15-13-26(14-16-27)17-7-2-1-3-8-17/h1-12,28H,13-16H2/b25-21-. The van der Waals surface area contributed by atoms with E-state index in [9.17, 15) is 9.60 Å². The highest BCUT2D eigenvalue weighted by Crippen LogP contribution is 2.27. The van der Waals surface area contributed by atoms with Gasteiger partial charge in [0.05, 0.1) is 5.56 Å². The number of hydrogen-bond acceptors (Lipinski definition) is 5. The quantitative estimate of drug-likeness (QED) is 0.315. The molecule has 7 heteroatoms. The molecule has 148 valence electrons. The highest BCUT2D eigenvalue weighted by molar-refractivity contribution is 6.00. The lowest BCUT2D eigenvalue weighted by Crippen LogP contribution is -2.49. The number of para-hydroxylation sites is 2. The van der Waals surface area contributed by atoms with Crippen LogP contribution in [0.1, 0.15) is 5.56 Å². The van der Waals surface area contributed by atoms with Crippen LogP contribution in [-0.4, -0.2) is 47.1 Å². The Morgan fingerprint density at radius 2 is 1.66 bits per heavy atom. The first-order valence-electron chi connectivity index (χ1n) is 9.41. The number of nitrogens with zero attached hydrogens (tertiary/aromatic N) is 4. The smallest absolute Gasteiger partial charge is 0.230 e. The van der Waals surface area contributed by atoms with Crippen molar-refractivity contribution in [3.8, 4) is 11.6 Å². The number of pyridine rings is 1. The predicted octanol–water partition coefficient (Wildman–Crippen LogP) is 3.97. The molecule has 0 spiro atoms. The summed E-state index contributed by atoms with van der Waals surface area (Å²) in [4.78, 5) is 8.48. The number of aromatic nitrogens is 1. The Kier molecular flexibility index (Phi) is 5.56. The van der Waals surface area contributed by atoms with Crippen LogP contribution in [0.3, 0.4) is 0 Å². The van der Waals surface area contributed by atoms with Crippen molar-refractivity contribution in [2.24, 2.45) is 5.16 Å². The van der Waals surface area contributed by atoms with E-state index in [0.717, 1.165) is 13.1 Å². The molecule has 4 rings (SSSR count). The lowest BCUT2D eigenvalue weighted by Gasteiger charge is -2.37. The lowest BCUT2D eigenvalue weighted by molar-refractivity contribution is 0.295. The van der Waals surface area contributed by atoms with Gasteiger partial charge in [-0.05, 0) is 36.4 Å². The summed E-state index contributed by atoms with van der Waals surface area (Å²) in [5.74, 6) is 0.134. The van der Waals surface area contributed by atoms with Crippen LogP contribution in [-0.2, 0) is 0 Å². The van der Waals surface area contributed by atoms with Gasteiger partial charge in [-0.25, -0.2) is 9.37 Å². The van der Waals surface area contributed by atoms with Crippen LogP contribution in [0, 0.1) is 5.82 Å². The zero-order valence-corrected chi connectivity index (χ0v) is 15.8. The van der Waals surface area contributed by atoms with Crippen LogP contribution in [0.5, 0.6) is 11.6 Å². The summed E-state index contributed by atoms with van der Waals surface area (Å²) < 4.78 is 19.7. The number of oxime groups is 1. The van der Waals surface area contributed by atoms with E-state index in [1.807, 2.05) is 23.1 Å². The van der Waals surface area contributed by atoms with Crippen molar-refractivity contribution in [1.29, 1.82) is 0 Å². The van der Waals surface area contributed by atoms with Crippen molar-refractivity contribution in [2.45, 2.75) is 0 Å². The van der Waals surface area contributed by atoms with E-state index in [1.54, 1.807) is 30.5 Å². The maximum absolute atomic E-state index is 14.0. The largest absolute Gasteiger partial charge is 0.435 e. The summed E-state index contributed by atoms with van der Waals surface area (Å²) in [5, 5.41) is 13.2. The van der Waals surface area contributed by atoms with Gasteiger partial charge in [-0.1, -0.05) is 35.5 Å². The highest BCUT2D eigenvalue weighted by Gasteiger charge is 2.24. The first kappa shape index (κ1) is 18.7. The third-order valence-corrected chi connectivity index (χ3v) is 4.85. The summed E-state index contributed by atoms with van der Waals surface area (Å²) in [6.07, 6.45) is 1.56. The first-order chi connectivity index (χ1) is 14.3. The van der Waals surface area contributed by atoms with Gasteiger partial charge in [0.15, 0.2) is 17.4 Å². The molecule has 0 saturated carbocycles. The average Bonchev–Trinajstić information content (AvgIpc) is 2.78. The Labute approximate surface area is 168 Å². The van der Waals surface area contributed by atoms with E-state index < -0.39 is 5.82 Å². The molecule has 0 atom stereocenters. The molecular weight excluding hydrogens is 371 g/mol. The van der Waals surface area contributed by atoms with Gasteiger partial charge in [-0.15, -0.1) is 0 Å². The second kappa shape index (κ2) is 8.60. The van der Waals surface area contributed by atoms with Gasteiger partial charge in [-0.3, -0.25) is 0 Å². The van der Waals surface area contributed by atoms with Crippen LogP contribution in [0.15, 0.2) is 78.1 Å². The van der Waals surface area contributed by atoms with Crippen molar-refractivity contribution < 1.29 is 14.3 Å². The minimum Gasteiger partial charge on any atom is -0.435 e. The monoisotopic (exact) mass is 392 g/mol. The van der Waals surface area contributed by atoms with Crippen LogP contribution in [0.4, 0.5) is 10.1 Å². The Balaban J connectivity index is 1.53. The maximum atomic E-state index is 14.0. The van der Waals surface area contributed by atoms with E-state index in [-0.39, 0.29) is 11.6 Å². The Morgan fingerprint density at radius 1 is 0.931 bits per heavy atom. The van der Waals surface area contributed by atoms with E-state index in [0.29, 0.717) is 24.5 Å². The van der Waals surface area contributed by atoms with Gasteiger partial charge in [0.1, 0.15) is 0 Å². The number of anilines is 1. The van der Waals surface area contributed by atoms with Gasteiger partial charge in [-0.2, -0.15) is 0 Å². The van der Waals surface area contributed by atoms with Crippen LogP contribution >= 0.6 is 0 Å². The van der Waals surface area contributed by atoms with Crippen molar-refractivity contribution in [2.75, 3.05) is 31.1 Å².